The summed E-state index contributed by atoms with van der Waals surface area (Å²) < 4.78 is 4.87. The highest BCUT2D eigenvalue weighted by Gasteiger charge is 2.20. The molecule has 144 valence electrons. The summed E-state index contributed by atoms with van der Waals surface area (Å²) in [4.78, 5) is 43.3. The number of thiazole rings is 1. The van der Waals surface area contributed by atoms with E-state index >= 15 is 0 Å². The lowest BCUT2D eigenvalue weighted by Crippen LogP contribution is -2.15. The van der Waals surface area contributed by atoms with Gasteiger partial charge in [-0.25, -0.2) is 4.98 Å². The lowest BCUT2D eigenvalue weighted by atomic mass is 10.0. The zero-order chi connectivity index (χ0) is 20.3. The van der Waals surface area contributed by atoms with E-state index in [9.17, 15) is 19.7 Å². The molecule has 3 rings (SSSR count). The van der Waals surface area contributed by atoms with E-state index in [4.69, 9.17) is 4.74 Å². The first-order valence-corrected chi connectivity index (χ1v) is 9.22. The summed E-state index contributed by atoms with van der Waals surface area (Å²) in [7, 11) is 0. The fraction of sp³-hybridized carbons (Fsp3) is 0.222. The molecule has 1 N–H and O–H groups in total. The molecule has 28 heavy (non-hydrogen) atoms. The molecule has 0 aliphatic rings. The molecule has 10 heteroatoms. The summed E-state index contributed by atoms with van der Waals surface area (Å²) in [5, 5.41) is 16.6. The van der Waals surface area contributed by atoms with Crippen LogP contribution in [0, 0.1) is 17.0 Å². The Kier molecular flexibility index (Phi) is 5.59. The van der Waals surface area contributed by atoms with Crippen molar-refractivity contribution in [3.05, 3.63) is 56.8 Å². The molecule has 2 aromatic heterocycles. The molecule has 0 fully saturated rings. The van der Waals surface area contributed by atoms with Gasteiger partial charge in [-0.15, -0.1) is 11.3 Å². The second kappa shape index (κ2) is 8.09. The predicted molar refractivity (Wildman–Crippen MR) is 104 cm³/mol. The largest absolute Gasteiger partial charge is 0.466 e. The number of nitro groups is 1. The molecule has 0 saturated carbocycles. The van der Waals surface area contributed by atoms with Crippen molar-refractivity contribution in [2.75, 3.05) is 11.9 Å². The maximum absolute atomic E-state index is 12.7. The van der Waals surface area contributed by atoms with E-state index in [2.05, 4.69) is 15.3 Å². The number of carbonyl (C=O) groups is 2. The maximum atomic E-state index is 12.7. The third-order valence-corrected chi connectivity index (χ3v) is 4.73. The molecule has 1 amide bonds. The van der Waals surface area contributed by atoms with Crippen LogP contribution in [0.4, 0.5) is 10.8 Å². The van der Waals surface area contributed by atoms with Gasteiger partial charge in [0, 0.05) is 23.0 Å². The van der Waals surface area contributed by atoms with Crippen LogP contribution >= 0.6 is 11.3 Å². The Balaban J connectivity index is 1.89. The molecule has 0 aliphatic heterocycles. The molecule has 0 unspecified atom stereocenters. The van der Waals surface area contributed by atoms with Gasteiger partial charge in [0.05, 0.1) is 29.0 Å². The lowest BCUT2D eigenvalue weighted by molar-refractivity contribution is -0.383. The minimum Gasteiger partial charge on any atom is -0.466 e. The Morgan fingerprint density at radius 2 is 2.11 bits per heavy atom. The first-order valence-electron chi connectivity index (χ1n) is 8.34. The van der Waals surface area contributed by atoms with Gasteiger partial charge >= 0.3 is 5.97 Å². The van der Waals surface area contributed by atoms with Gasteiger partial charge in [0.2, 0.25) is 0 Å². The molecule has 1 aromatic carbocycles. The molecule has 3 aromatic rings. The summed E-state index contributed by atoms with van der Waals surface area (Å²) in [5.41, 5.74) is 1.15. The number of nitrogens with zero attached hydrogens (tertiary/aromatic N) is 3. The number of fused-ring (bicyclic) bond motifs is 1. The number of rotatable bonds is 6. The van der Waals surface area contributed by atoms with Crippen LogP contribution in [0.1, 0.15) is 28.7 Å². The van der Waals surface area contributed by atoms with Gasteiger partial charge < -0.3 is 4.74 Å². The van der Waals surface area contributed by atoms with Crippen molar-refractivity contribution >= 4 is 44.8 Å². The molecule has 0 atom stereocenters. The Morgan fingerprint density at radius 1 is 1.32 bits per heavy atom. The van der Waals surface area contributed by atoms with Crippen LogP contribution in [0.3, 0.4) is 0 Å². The normalized spacial score (nSPS) is 10.6. The number of hydrogen-bond donors (Lipinski definition) is 1. The molecule has 2 heterocycles. The van der Waals surface area contributed by atoms with Crippen LogP contribution < -0.4 is 5.32 Å². The number of nitro benzene ring substituents is 1. The van der Waals surface area contributed by atoms with Crippen molar-refractivity contribution in [2.24, 2.45) is 0 Å². The van der Waals surface area contributed by atoms with E-state index in [1.807, 2.05) is 0 Å². The van der Waals surface area contributed by atoms with Crippen molar-refractivity contribution in [1.82, 2.24) is 9.97 Å². The number of amides is 1. The number of carbonyl (C=O) groups excluding carboxylic acids is 2. The monoisotopic (exact) mass is 400 g/mol. The molecular formula is C18H16N4O5S. The highest BCUT2D eigenvalue weighted by atomic mass is 32.1. The van der Waals surface area contributed by atoms with Crippen molar-refractivity contribution in [3.63, 3.8) is 0 Å². The van der Waals surface area contributed by atoms with E-state index in [-0.39, 0.29) is 24.4 Å². The summed E-state index contributed by atoms with van der Waals surface area (Å²) >= 11 is 1.16. The van der Waals surface area contributed by atoms with Crippen molar-refractivity contribution < 1.29 is 19.2 Å². The number of nitrogens with one attached hydrogen (secondary N) is 1. The van der Waals surface area contributed by atoms with E-state index in [0.29, 0.717) is 27.2 Å². The second-order valence-corrected chi connectivity index (χ2v) is 6.68. The number of pyridine rings is 1. The number of esters is 1. The standard InChI is InChI=1S/C18H16N4O5S/c1-3-27-14(23)8-11-9-28-18(20-11)21-17(24)16-15-10(2)4-5-13(22(25)26)12(15)6-7-19-16/h4-7,9H,3,8H2,1-2H3,(H,20,21,24). The third kappa shape index (κ3) is 3.96. The molecule has 9 nitrogen and oxygen atoms in total. The average Bonchev–Trinajstić information content (AvgIpc) is 3.08. The van der Waals surface area contributed by atoms with Gasteiger partial charge in [-0.2, -0.15) is 0 Å². The Labute approximate surface area is 163 Å². The zero-order valence-electron chi connectivity index (χ0n) is 15.1. The number of benzene rings is 1. The van der Waals surface area contributed by atoms with E-state index in [1.54, 1.807) is 25.3 Å². The molecule has 0 aliphatic carbocycles. The number of aryl methyl sites for hydroxylation is 1. The highest BCUT2D eigenvalue weighted by molar-refractivity contribution is 7.14. The van der Waals surface area contributed by atoms with E-state index in [0.717, 1.165) is 11.3 Å². The predicted octanol–water partition coefficient (Wildman–Crippen LogP) is 3.27. The maximum Gasteiger partial charge on any atom is 0.311 e. The van der Waals surface area contributed by atoms with Gasteiger partial charge in [0.25, 0.3) is 11.6 Å². The van der Waals surface area contributed by atoms with E-state index in [1.165, 1.54) is 18.3 Å². The van der Waals surface area contributed by atoms with Gasteiger partial charge in [0.1, 0.15) is 5.69 Å². The van der Waals surface area contributed by atoms with Gasteiger partial charge in [0.15, 0.2) is 5.13 Å². The topological polar surface area (TPSA) is 124 Å². The first-order chi connectivity index (χ1) is 13.4. The van der Waals surface area contributed by atoms with Crippen LogP contribution in [0.5, 0.6) is 0 Å². The van der Waals surface area contributed by atoms with Crippen LogP contribution in [-0.4, -0.2) is 33.4 Å². The van der Waals surface area contributed by atoms with Crippen LogP contribution in [0.25, 0.3) is 10.8 Å². The third-order valence-electron chi connectivity index (χ3n) is 3.93. The number of hydrogen-bond acceptors (Lipinski definition) is 8. The number of anilines is 1. The fourth-order valence-electron chi connectivity index (χ4n) is 2.74. The molecule has 0 bridgehead atoms. The van der Waals surface area contributed by atoms with Crippen molar-refractivity contribution in [1.29, 1.82) is 0 Å². The van der Waals surface area contributed by atoms with Gasteiger partial charge in [-0.05, 0) is 25.5 Å². The molecular weight excluding hydrogens is 384 g/mol. The van der Waals surface area contributed by atoms with Crippen molar-refractivity contribution in [3.8, 4) is 0 Å². The Bertz CT molecular complexity index is 1080. The zero-order valence-corrected chi connectivity index (χ0v) is 15.9. The van der Waals surface area contributed by atoms with Crippen LogP contribution in [0.15, 0.2) is 29.8 Å². The minimum atomic E-state index is -0.536. The number of non-ortho nitro benzene ring substituents is 1. The lowest BCUT2D eigenvalue weighted by Gasteiger charge is -2.08. The SMILES string of the molecule is CCOC(=O)Cc1csc(NC(=O)c2nccc3c([N+](=O)[O-])ccc(C)c23)n1. The van der Waals surface area contributed by atoms with Gasteiger partial charge in [-0.1, -0.05) is 6.07 Å². The Morgan fingerprint density at radius 3 is 2.82 bits per heavy atom. The number of ether oxygens (including phenoxy) is 1. The fourth-order valence-corrected chi connectivity index (χ4v) is 3.45. The molecule has 0 spiro atoms. The van der Waals surface area contributed by atoms with E-state index < -0.39 is 16.8 Å². The molecule has 0 saturated heterocycles. The second-order valence-electron chi connectivity index (χ2n) is 5.82. The molecule has 0 radical (unpaired) electrons. The Hall–Kier alpha value is -3.40. The van der Waals surface area contributed by atoms with Gasteiger partial charge in [-0.3, -0.25) is 30.0 Å². The summed E-state index contributed by atoms with van der Waals surface area (Å²) in [5.74, 6) is -0.935. The summed E-state index contributed by atoms with van der Waals surface area (Å²) in [6.07, 6.45) is 1.37. The number of aromatic nitrogens is 2. The van der Waals surface area contributed by atoms with Crippen LogP contribution in [-0.2, 0) is 16.0 Å². The highest BCUT2D eigenvalue weighted by Crippen LogP contribution is 2.30. The van der Waals surface area contributed by atoms with Crippen molar-refractivity contribution in [2.45, 2.75) is 20.3 Å². The minimum absolute atomic E-state index is 0.0119. The summed E-state index contributed by atoms with van der Waals surface area (Å²) in [6, 6.07) is 4.50. The quantitative estimate of drug-likeness (QED) is 0.382. The average molecular weight is 400 g/mol. The first kappa shape index (κ1) is 19.4. The van der Waals surface area contributed by atoms with Crippen LogP contribution in [0.2, 0.25) is 0 Å². The summed E-state index contributed by atoms with van der Waals surface area (Å²) in [6.45, 7) is 3.75. The smallest absolute Gasteiger partial charge is 0.311 e.